The van der Waals surface area contributed by atoms with E-state index in [1.165, 1.54) is 38.9 Å². The lowest BCUT2D eigenvalue weighted by molar-refractivity contribution is 0.632. The van der Waals surface area contributed by atoms with Gasteiger partial charge in [-0.05, 0) is 136 Å². The second-order valence-electron chi connectivity index (χ2n) is 15.4. The maximum atomic E-state index is 2.48. The molecule has 1 heterocycles. The van der Waals surface area contributed by atoms with E-state index >= 15 is 0 Å². The van der Waals surface area contributed by atoms with Gasteiger partial charge in [0.15, 0.2) is 0 Å². The van der Waals surface area contributed by atoms with Gasteiger partial charge in [0.25, 0.3) is 0 Å². The summed E-state index contributed by atoms with van der Waals surface area (Å²) in [6.07, 6.45) is 4.53. The molecule has 3 nitrogen and oxygen atoms in total. The lowest BCUT2D eigenvalue weighted by atomic mass is 9.75. The molecule has 0 saturated carbocycles. The molecule has 1 unspecified atom stereocenters. The smallest absolute Gasteiger partial charge is 0.122 e. The van der Waals surface area contributed by atoms with Crippen LogP contribution in [0.1, 0.15) is 22.3 Å². The van der Waals surface area contributed by atoms with E-state index in [2.05, 4.69) is 264 Å². The predicted octanol–water partition coefficient (Wildman–Crippen LogP) is 15.1. The topological polar surface area (TPSA) is 9.72 Å². The Bertz CT molecular complexity index is 2920. The van der Waals surface area contributed by atoms with Crippen molar-refractivity contribution in [3.05, 3.63) is 265 Å². The summed E-state index contributed by atoms with van der Waals surface area (Å²) in [6.45, 7) is 0. The van der Waals surface area contributed by atoms with E-state index in [9.17, 15) is 0 Å². The van der Waals surface area contributed by atoms with Crippen molar-refractivity contribution < 1.29 is 0 Å². The Balaban J connectivity index is 1.01. The molecule has 0 radical (unpaired) electrons. The highest BCUT2D eigenvalue weighted by Crippen LogP contribution is 2.58. The maximum Gasteiger partial charge on any atom is 0.122 e. The Morgan fingerprint density at radius 3 is 1.30 bits per heavy atom. The van der Waals surface area contributed by atoms with Crippen LogP contribution in [0, 0.1) is 0 Å². The monoisotopic (exact) mass is 767 g/mol. The second kappa shape index (κ2) is 14.8. The zero-order valence-electron chi connectivity index (χ0n) is 33.0. The maximum absolute atomic E-state index is 2.48. The molecule has 0 fully saturated rings. The van der Waals surface area contributed by atoms with Crippen molar-refractivity contribution in [3.8, 4) is 22.3 Å². The first-order valence-electron chi connectivity index (χ1n) is 20.6. The Hall–Kier alpha value is -7.88. The van der Waals surface area contributed by atoms with Crippen LogP contribution < -0.4 is 14.7 Å². The molecule has 60 heavy (non-hydrogen) atoms. The van der Waals surface area contributed by atoms with Crippen molar-refractivity contribution in [2.75, 3.05) is 14.7 Å². The van der Waals surface area contributed by atoms with Crippen LogP contribution in [0.3, 0.4) is 0 Å². The normalized spacial score (nSPS) is 14.6. The lowest BCUT2D eigenvalue weighted by Crippen LogP contribution is -2.46. The molecule has 11 rings (SSSR count). The van der Waals surface area contributed by atoms with Gasteiger partial charge < -0.3 is 14.7 Å². The van der Waals surface area contributed by atoms with Crippen molar-refractivity contribution in [2.24, 2.45) is 0 Å². The number of anilines is 7. The zero-order valence-corrected chi connectivity index (χ0v) is 33.0. The van der Waals surface area contributed by atoms with Gasteiger partial charge in [-0.15, -0.1) is 0 Å². The van der Waals surface area contributed by atoms with Gasteiger partial charge in [-0.3, -0.25) is 0 Å². The summed E-state index contributed by atoms with van der Waals surface area (Å²) in [7, 11) is 0. The van der Waals surface area contributed by atoms with Crippen LogP contribution in [0.4, 0.5) is 39.8 Å². The van der Waals surface area contributed by atoms with E-state index in [-0.39, 0.29) is 0 Å². The Kier molecular flexibility index (Phi) is 8.71. The molecule has 2 aliphatic rings. The van der Waals surface area contributed by atoms with Crippen LogP contribution in [-0.4, -0.2) is 0 Å². The van der Waals surface area contributed by atoms with Gasteiger partial charge in [-0.1, -0.05) is 152 Å². The summed E-state index contributed by atoms with van der Waals surface area (Å²) in [5.41, 5.74) is 17.1. The number of benzene rings is 9. The largest absolute Gasteiger partial charge is 0.329 e. The van der Waals surface area contributed by atoms with Gasteiger partial charge in [0.05, 0.1) is 0 Å². The van der Waals surface area contributed by atoms with Gasteiger partial charge in [0.1, 0.15) is 5.54 Å². The Labute approximate surface area is 352 Å². The van der Waals surface area contributed by atoms with E-state index in [1.807, 2.05) is 0 Å². The first-order chi connectivity index (χ1) is 29.8. The number of rotatable bonds is 8. The Morgan fingerprint density at radius 1 is 0.317 bits per heavy atom. The van der Waals surface area contributed by atoms with E-state index in [1.54, 1.807) is 0 Å². The molecule has 0 aromatic heterocycles. The first-order valence-corrected chi connectivity index (χ1v) is 20.6. The van der Waals surface area contributed by atoms with Crippen molar-refractivity contribution in [1.82, 2.24) is 0 Å². The van der Waals surface area contributed by atoms with Crippen molar-refractivity contribution >= 4 is 45.9 Å². The van der Waals surface area contributed by atoms with Crippen LogP contribution in [0.5, 0.6) is 0 Å². The number of hydrogen-bond donors (Lipinski definition) is 0. The summed E-state index contributed by atoms with van der Waals surface area (Å²) in [6, 6.07) is 85.4. The third-order valence-corrected chi connectivity index (χ3v) is 12.0. The fraction of sp³-hybridized carbons (Fsp3) is 0.0175. The fourth-order valence-electron chi connectivity index (χ4n) is 9.40. The molecular weight excluding hydrogens is 727 g/mol. The van der Waals surface area contributed by atoms with Gasteiger partial charge in [-0.2, -0.15) is 0 Å². The highest BCUT2D eigenvalue weighted by Gasteiger charge is 2.51. The fourth-order valence-corrected chi connectivity index (χ4v) is 9.40. The number of hydrogen-bond acceptors (Lipinski definition) is 3. The van der Waals surface area contributed by atoms with Crippen molar-refractivity contribution in [3.63, 3.8) is 0 Å². The van der Waals surface area contributed by atoms with Gasteiger partial charge in [0, 0.05) is 46.0 Å². The zero-order chi connectivity index (χ0) is 39.9. The molecule has 9 aromatic rings. The summed E-state index contributed by atoms with van der Waals surface area (Å²) in [4.78, 5) is 7.17. The van der Waals surface area contributed by atoms with Crippen LogP contribution in [0.2, 0.25) is 0 Å². The van der Waals surface area contributed by atoms with E-state index in [0.29, 0.717) is 0 Å². The molecule has 3 heteroatoms. The predicted molar refractivity (Wildman–Crippen MR) is 251 cm³/mol. The van der Waals surface area contributed by atoms with E-state index < -0.39 is 5.54 Å². The van der Waals surface area contributed by atoms with E-state index in [0.717, 1.165) is 45.4 Å². The third-order valence-electron chi connectivity index (χ3n) is 12.0. The van der Waals surface area contributed by atoms with Gasteiger partial charge in [0.2, 0.25) is 0 Å². The summed E-state index contributed by atoms with van der Waals surface area (Å²) < 4.78 is 0. The van der Waals surface area contributed by atoms with Gasteiger partial charge >= 0.3 is 0 Å². The molecule has 0 saturated heterocycles. The molecule has 1 aliphatic heterocycles. The third kappa shape index (κ3) is 5.82. The molecule has 1 atom stereocenters. The molecule has 1 aliphatic carbocycles. The SMILES string of the molecule is C1=CN(c2ccccc2)C2(c3ccccc31)c1ccccc1-c1ccc(N(c3ccccc3)c3ccc(-c4ccc(N(c5ccccc5)c5ccccc5)cc4)cc3)cc12. The molecule has 9 aromatic carbocycles. The highest BCUT2D eigenvalue weighted by atomic mass is 15.2. The minimum Gasteiger partial charge on any atom is -0.329 e. The number of para-hydroxylation sites is 4. The van der Waals surface area contributed by atoms with Crippen LogP contribution in [0.15, 0.2) is 243 Å². The molecule has 0 amide bonds. The average Bonchev–Trinajstić information content (AvgIpc) is 3.61. The summed E-state index contributed by atoms with van der Waals surface area (Å²) in [5.74, 6) is 0. The number of nitrogens with zero attached hydrogens (tertiary/aromatic N) is 3. The molecule has 284 valence electrons. The Morgan fingerprint density at radius 2 is 0.733 bits per heavy atom. The average molecular weight is 768 g/mol. The van der Waals surface area contributed by atoms with Crippen LogP contribution >= 0.6 is 0 Å². The van der Waals surface area contributed by atoms with Gasteiger partial charge in [-0.25, -0.2) is 0 Å². The van der Waals surface area contributed by atoms with Crippen molar-refractivity contribution in [1.29, 1.82) is 0 Å². The second-order valence-corrected chi connectivity index (χ2v) is 15.4. The molecule has 0 N–H and O–H groups in total. The minimum absolute atomic E-state index is 0.580. The molecule has 1 spiro atoms. The standard InChI is InChI=1S/C57H41N3/c1-5-18-45(19-6-1)58-40-39-44-17-13-15-27-54(44)57(58)55-28-16-14-26-52(55)53-38-37-51(41-56(53)57)60(48-24-11-4-12-25-48)50-35-31-43(32-36-50)42-29-33-49(34-30-42)59(46-20-7-2-8-21-46)47-22-9-3-10-23-47/h1-41H. The number of fused-ring (bicyclic) bond motifs is 7. The lowest BCUT2D eigenvalue weighted by Gasteiger charge is -2.46. The molecular formula is C57H41N3. The summed E-state index contributed by atoms with van der Waals surface area (Å²) in [5, 5.41) is 0. The highest BCUT2D eigenvalue weighted by molar-refractivity contribution is 5.92. The van der Waals surface area contributed by atoms with Crippen LogP contribution in [-0.2, 0) is 5.54 Å². The van der Waals surface area contributed by atoms with Crippen molar-refractivity contribution in [2.45, 2.75) is 5.54 Å². The first kappa shape index (κ1) is 35.3. The minimum atomic E-state index is -0.580. The summed E-state index contributed by atoms with van der Waals surface area (Å²) >= 11 is 0. The van der Waals surface area contributed by atoms with E-state index in [4.69, 9.17) is 0 Å². The molecule has 0 bridgehead atoms. The quantitative estimate of drug-likeness (QED) is 0.152. The van der Waals surface area contributed by atoms with Crippen LogP contribution in [0.25, 0.3) is 28.3 Å².